The normalized spacial score (nSPS) is 10.3. The molecule has 18 heavy (non-hydrogen) atoms. The standard InChI is InChI=1S/C12H9BrN2O2S/c13-9-1-2-10(15-6-9)7-18-11-5-8(12(16)17)3-4-14-11/h1-6H,7H2,(H,16,17). The summed E-state index contributed by atoms with van der Waals surface area (Å²) in [6.45, 7) is 0. The average Bonchev–Trinajstić information content (AvgIpc) is 2.38. The summed E-state index contributed by atoms with van der Waals surface area (Å²) in [6, 6.07) is 6.87. The van der Waals surface area contributed by atoms with Crippen molar-refractivity contribution in [2.24, 2.45) is 0 Å². The zero-order valence-corrected chi connectivity index (χ0v) is 11.6. The van der Waals surface area contributed by atoms with Crippen molar-refractivity contribution in [3.8, 4) is 0 Å². The van der Waals surface area contributed by atoms with Crippen LogP contribution in [-0.4, -0.2) is 21.0 Å². The highest BCUT2D eigenvalue weighted by Crippen LogP contribution is 2.21. The van der Waals surface area contributed by atoms with Gasteiger partial charge in [-0.05, 0) is 40.2 Å². The maximum Gasteiger partial charge on any atom is 0.335 e. The Balaban J connectivity index is 2.04. The zero-order valence-electron chi connectivity index (χ0n) is 9.21. The first-order valence-electron chi connectivity index (χ1n) is 5.08. The SMILES string of the molecule is O=C(O)c1ccnc(SCc2ccc(Br)cn2)c1. The topological polar surface area (TPSA) is 63.1 Å². The predicted octanol–water partition coefficient (Wildman–Crippen LogP) is 3.23. The Morgan fingerprint density at radius 3 is 2.83 bits per heavy atom. The van der Waals surface area contributed by atoms with Crippen molar-refractivity contribution in [1.29, 1.82) is 0 Å². The Bertz CT molecular complexity index is 560. The number of thioether (sulfide) groups is 1. The molecule has 2 rings (SSSR count). The molecule has 0 atom stereocenters. The minimum atomic E-state index is -0.944. The fourth-order valence-electron chi connectivity index (χ4n) is 1.26. The number of hydrogen-bond acceptors (Lipinski definition) is 4. The number of nitrogens with zero attached hydrogens (tertiary/aromatic N) is 2. The van der Waals surface area contributed by atoms with Gasteiger partial charge in [0.1, 0.15) is 0 Å². The lowest BCUT2D eigenvalue weighted by molar-refractivity contribution is 0.0696. The highest BCUT2D eigenvalue weighted by Gasteiger charge is 2.05. The molecule has 0 aromatic carbocycles. The van der Waals surface area contributed by atoms with Gasteiger partial charge in [0, 0.05) is 22.6 Å². The Hall–Kier alpha value is -1.40. The number of hydrogen-bond donors (Lipinski definition) is 1. The van der Waals surface area contributed by atoms with Gasteiger partial charge in [0.25, 0.3) is 0 Å². The quantitative estimate of drug-likeness (QED) is 0.875. The zero-order chi connectivity index (χ0) is 13.0. The van der Waals surface area contributed by atoms with Crippen LogP contribution in [0.2, 0.25) is 0 Å². The summed E-state index contributed by atoms with van der Waals surface area (Å²) in [5.41, 5.74) is 1.17. The van der Waals surface area contributed by atoms with E-state index in [0.29, 0.717) is 10.8 Å². The van der Waals surface area contributed by atoms with Crippen LogP contribution >= 0.6 is 27.7 Å². The van der Waals surface area contributed by atoms with Crippen LogP contribution in [0.5, 0.6) is 0 Å². The van der Waals surface area contributed by atoms with E-state index in [-0.39, 0.29) is 5.56 Å². The molecule has 1 N–H and O–H groups in total. The smallest absolute Gasteiger partial charge is 0.335 e. The van der Waals surface area contributed by atoms with Crippen LogP contribution in [0.15, 0.2) is 46.2 Å². The van der Waals surface area contributed by atoms with Gasteiger partial charge < -0.3 is 5.11 Å². The molecule has 0 spiro atoms. The van der Waals surface area contributed by atoms with Crippen LogP contribution in [0.3, 0.4) is 0 Å². The molecule has 0 radical (unpaired) electrons. The number of carboxylic acid groups (broad SMARTS) is 1. The summed E-state index contributed by atoms with van der Waals surface area (Å²) in [5.74, 6) is -0.287. The molecular weight excluding hydrogens is 316 g/mol. The molecule has 4 nitrogen and oxygen atoms in total. The van der Waals surface area contributed by atoms with Crippen LogP contribution in [-0.2, 0) is 5.75 Å². The fourth-order valence-corrected chi connectivity index (χ4v) is 2.31. The molecule has 0 aliphatic carbocycles. The number of carboxylic acids is 1. The van der Waals surface area contributed by atoms with Crippen molar-refractivity contribution in [3.63, 3.8) is 0 Å². The Kier molecular flexibility index (Phi) is 4.33. The van der Waals surface area contributed by atoms with E-state index in [2.05, 4.69) is 25.9 Å². The molecule has 0 bridgehead atoms. The number of aromatic nitrogens is 2. The van der Waals surface area contributed by atoms with E-state index in [9.17, 15) is 4.79 Å². The summed E-state index contributed by atoms with van der Waals surface area (Å²) in [4.78, 5) is 19.2. The second-order valence-electron chi connectivity index (χ2n) is 3.44. The molecule has 0 aliphatic rings. The number of rotatable bonds is 4. The Morgan fingerprint density at radius 2 is 2.17 bits per heavy atom. The minimum Gasteiger partial charge on any atom is -0.478 e. The fraction of sp³-hybridized carbons (Fsp3) is 0.0833. The van der Waals surface area contributed by atoms with Gasteiger partial charge in [-0.15, -0.1) is 11.8 Å². The van der Waals surface area contributed by atoms with Crippen LogP contribution in [0.25, 0.3) is 0 Å². The Labute approximate surface area is 117 Å². The molecule has 2 heterocycles. The first-order chi connectivity index (χ1) is 8.65. The second kappa shape index (κ2) is 5.97. The van der Waals surface area contributed by atoms with Crippen LogP contribution in [0.4, 0.5) is 0 Å². The van der Waals surface area contributed by atoms with Gasteiger partial charge in [-0.3, -0.25) is 4.98 Å². The van der Waals surface area contributed by atoms with Gasteiger partial charge >= 0.3 is 5.97 Å². The first kappa shape index (κ1) is 13.0. The molecule has 2 aromatic heterocycles. The third kappa shape index (κ3) is 3.54. The number of carbonyl (C=O) groups is 1. The summed E-state index contributed by atoms with van der Waals surface area (Å²) in [5, 5.41) is 9.55. The molecule has 0 saturated heterocycles. The predicted molar refractivity (Wildman–Crippen MR) is 72.7 cm³/mol. The highest BCUT2D eigenvalue weighted by atomic mass is 79.9. The largest absolute Gasteiger partial charge is 0.478 e. The molecule has 0 amide bonds. The summed E-state index contributed by atoms with van der Waals surface area (Å²) in [7, 11) is 0. The monoisotopic (exact) mass is 324 g/mol. The van der Waals surface area contributed by atoms with Crippen molar-refractivity contribution in [2.45, 2.75) is 10.8 Å². The van der Waals surface area contributed by atoms with Crippen molar-refractivity contribution < 1.29 is 9.90 Å². The lowest BCUT2D eigenvalue weighted by Crippen LogP contribution is -1.97. The van der Waals surface area contributed by atoms with E-state index in [0.717, 1.165) is 10.2 Å². The molecule has 0 aliphatic heterocycles. The summed E-state index contributed by atoms with van der Waals surface area (Å²) >= 11 is 4.78. The Morgan fingerprint density at radius 1 is 1.33 bits per heavy atom. The summed E-state index contributed by atoms with van der Waals surface area (Å²) < 4.78 is 0.933. The first-order valence-corrected chi connectivity index (χ1v) is 6.85. The van der Waals surface area contributed by atoms with Crippen molar-refractivity contribution in [1.82, 2.24) is 9.97 Å². The van der Waals surface area contributed by atoms with Crippen molar-refractivity contribution in [2.75, 3.05) is 0 Å². The molecule has 0 unspecified atom stereocenters. The van der Waals surface area contributed by atoms with Gasteiger partial charge in [-0.1, -0.05) is 0 Å². The number of pyridine rings is 2. The summed E-state index contributed by atoms with van der Waals surface area (Å²) in [6.07, 6.45) is 3.23. The molecule has 0 saturated carbocycles. The van der Waals surface area contributed by atoms with Gasteiger partial charge in [0.2, 0.25) is 0 Å². The van der Waals surface area contributed by atoms with E-state index in [1.165, 1.54) is 24.0 Å². The number of halogens is 1. The van der Waals surface area contributed by atoms with Gasteiger partial charge in [-0.25, -0.2) is 9.78 Å². The molecule has 0 fully saturated rings. The van der Waals surface area contributed by atoms with Crippen molar-refractivity contribution >= 4 is 33.7 Å². The molecule has 6 heteroatoms. The van der Waals surface area contributed by atoms with E-state index in [4.69, 9.17) is 5.11 Å². The van der Waals surface area contributed by atoms with Gasteiger partial charge in [0.05, 0.1) is 16.3 Å². The van der Waals surface area contributed by atoms with Crippen LogP contribution < -0.4 is 0 Å². The van der Waals surface area contributed by atoms with Gasteiger partial charge in [0.15, 0.2) is 0 Å². The maximum absolute atomic E-state index is 10.8. The average molecular weight is 325 g/mol. The third-order valence-electron chi connectivity index (χ3n) is 2.14. The van der Waals surface area contributed by atoms with Gasteiger partial charge in [-0.2, -0.15) is 0 Å². The maximum atomic E-state index is 10.8. The van der Waals surface area contributed by atoms with E-state index in [1.54, 1.807) is 12.3 Å². The van der Waals surface area contributed by atoms with Crippen LogP contribution in [0.1, 0.15) is 16.1 Å². The number of aromatic carboxylic acids is 1. The van der Waals surface area contributed by atoms with Crippen molar-refractivity contribution in [3.05, 3.63) is 52.4 Å². The van der Waals surface area contributed by atoms with E-state index < -0.39 is 5.97 Å². The third-order valence-corrected chi connectivity index (χ3v) is 3.57. The minimum absolute atomic E-state index is 0.247. The lowest BCUT2D eigenvalue weighted by Gasteiger charge is -2.02. The lowest BCUT2D eigenvalue weighted by atomic mass is 10.3. The second-order valence-corrected chi connectivity index (χ2v) is 5.36. The molecule has 92 valence electrons. The highest BCUT2D eigenvalue weighted by molar-refractivity contribution is 9.10. The van der Waals surface area contributed by atoms with E-state index >= 15 is 0 Å². The molecular formula is C12H9BrN2O2S. The molecule has 2 aromatic rings. The van der Waals surface area contributed by atoms with E-state index in [1.807, 2.05) is 12.1 Å². The van der Waals surface area contributed by atoms with Crippen LogP contribution in [0, 0.1) is 0 Å².